The van der Waals surface area contributed by atoms with Gasteiger partial charge < -0.3 is 20.5 Å². The number of nitrogens with one attached hydrogen (secondary N) is 2. The molecule has 0 saturated carbocycles. The number of amides is 2. The summed E-state index contributed by atoms with van der Waals surface area (Å²) in [5, 5.41) is 14.4. The number of ether oxygens (including phenoxy) is 1. The highest BCUT2D eigenvalue weighted by Crippen LogP contribution is 2.31. The number of carboxylic acids is 1. The Labute approximate surface area is 123 Å². The number of hydrogen-bond acceptors (Lipinski definition) is 3. The quantitative estimate of drug-likeness (QED) is 0.775. The lowest BCUT2D eigenvalue weighted by Gasteiger charge is -2.27. The number of carboxylic acid groups (broad SMARTS) is 1. The van der Waals surface area contributed by atoms with Crippen molar-refractivity contribution >= 4 is 12.0 Å². The van der Waals surface area contributed by atoms with Crippen LogP contribution in [0.5, 0.6) is 5.75 Å². The first-order valence-electron chi connectivity index (χ1n) is 7.10. The van der Waals surface area contributed by atoms with Gasteiger partial charge >= 0.3 is 12.0 Å². The SMILES string of the molecule is CCC(CC(=O)O)NC(=O)NC1CCOc2ccccc21. The van der Waals surface area contributed by atoms with Crippen molar-refractivity contribution in [1.29, 1.82) is 0 Å². The molecule has 2 unspecified atom stereocenters. The van der Waals surface area contributed by atoms with Crippen molar-refractivity contribution in [3.05, 3.63) is 29.8 Å². The van der Waals surface area contributed by atoms with Gasteiger partial charge in [0.25, 0.3) is 0 Å². The minimum Gasteiger partial charge on any atom is -0.493 e. The van der Waals surface area contributed by atoms with Crippen molar-refractivity contribution in [3.63, 3.8) is 0 Å². The summed E-state index contributed by atoms with van der Waals surface area (Å²) in [6.45, 7) is 2.39. The Morgan fingerprint density at radius 2 is 2.19 bits per heavy atom. The molecule has 114 valence electrons. The number of rotatable bonds is 5. The van der Waals surface area contributed by atoms with Gasteiger partial charge in [-0.15, -0.1) is 0 Å². The number of urea groups is 1. The summed E-state index contributed by atoms with van der Waals surface area (Å²) in [6.07, 6.45) is 1.19. The molecule has 2 amide bonds. The molecule has 21 heavy (non-hydrogen) atoms. The Kier molecular flexibility index (Phi) is 5.03. The zero-order valence-electron chi connectivity index (χ0n) is 12.0. The predicted molar refractivity (Wildman–Crippen MR) is 77.3 cm³/mol. The maximum absolute atomic E-state index is 12.0. The Bertz CT molecular complexity index is 518. The van der Waals surface area contributed by atoms with Gasteiger partial charge in [0.15, 0.2) is 0 Å². The van der Waals surface area contributed by atoms with Gasteiger partial charge in [0.05, 0.1) is 19.1 Å². The molecule has 0 radical (unpaired) electrons. The topological polar surface area (TPSA) is 87.7 Å². The van der Waals surface area contributed by atoms with Gasteiger partial charge in [-0.25, -0.2) is 4.79 Å². The number of hydrogen-bond donors (Lipinski definition) is 3. The van der Waals surface area contributed by atoms with Gasteiger partial charge in [-0.3, -0.25) is 4.79 Å². The highest BCUT2D eigenvalue weighted by molar-refractivity contribution is 5.76. The lowest BCUT2D eigenvalue weighted by atomic mass is 10.0. The van der Waals surface area contributed by atoms with Crippen molar-refractivity contribution in [2.75, 3.05) is 6.61 Å². The van der Waals surface area contributed by atoms with Crippen LogP contribution in [0.4, 0.5) is 4.79 Å². The zero-order valence-corrected chi connectivity index (χ0v) is 12.0. The van der Waals surface area contributed by atoms with Gasteiger partial charge in [0, 0.05) is 18.0 Å². The fourth-order valence-corrected chi connectivity index (χ4v) is 2.39. The van der Waals surface area contributed by atoms with Crippen LogP contribution in [-0.4, -0.2) is 29.8 Å². The van der Waals surface area contributed by atoms with E-state index in [1.54, 1.807) is 0 Å². The number of benzene rings is 1. The summed E-state index contributed by atoms with van der Waals surface area (Å²) >= 11 is 0. The number of carbonyl (C=O) groups is 2. The molecule has 0 spiro atoms. The molecule has 1 heterocycles. The molecule has 1 aromatic rings. The molecule has 3 N–H and O–H groups in total. The summed E-state index contributed by atoms with van der Waals surface area (Å²) in [5.41, 5.74) is 0.949. The van der Waals surface area contributed by atoms with Crippen LogP contribution in [0.2, 0.25) is 0 Å². The normalized spacial score (nSPS) is 18.0. The third-order valence-electron chi connectivity index (χ3n) is 3.51. The second kappa shape index (κ2) is 6.97. The Morgan fingerprint density at radius 3 is 2.90 bits per heavy atom. The highest BCUT2D eigenvalue weighted by Gasteiger charge is 2.23. The molecule has 0 fully saturated rings. The maximum Gasteiger partial charge on any atom is 0.315 e. The van der Waals surface area contributed by atoms with E-state index in [-0.39, 0.29) is 24.5 Å². The van der Waals surface area contributed by atoms with Crippen molar-refractivity contribution < 1.29 is 19.4 Å². The third kappa shape index (κ3) is 4.11. The van der Waals surface area contributed by atoms with E-state index >= 15 is 0 Å². The molecule has 2 atom stereocenters. The second-order valence-corrected chi connectivity index (χ2v) is 5.05. The summed E-state index contributed by atoms with van der Waals surface area (Å²) in [7, 11) is 0. The average Bonchev–Trinajstić information content (AvgIpc) is 2.46. The molecule has 0 aliphatic carbocycles. The monoisotopic (exact) mass is 292 g/mol. The van der Waals surface area contributed by atoms with Crippen molar-refractivity contribution in [2.24, 2.45) is 0 Å². The molecule has 0 saturated heterocycles. The number of carbonyl (C=O) groups excluding carboxylic acids is 1. The molecule has 2 rings (SSSR count). The van der Waals surface area contributed by atoms with E-state index in [0.717, 1.165) is 11.3 Å². The standard InChI is InChI=1S/C15H20N2O4/c1-2-10(9-14(18)19)16-15(20)17-12-7-8-21-13-6-4-3-5-11(12)13/h3-6,10,12H,2,7-9H2,1H3,(H,18,19)(H2,16,17,20). The number of aliphatic carboxylic acids is 1. The van der Waals surface area contributed by atoms with Crippen molar-refractivity contribution in [3.8, 4) is 5.75 Å². The van der Waals surface area contributed by atoms with Crippen molar-refractivity contribution in [2.45, 2.75) is 38.3 Å². The van der Waals surface area contributed by atoms with Gasteiger partial charge in [0.2, 0.25) is 0 Å². The van der Waals surface area contributed by atoms with E-state index in [2.05, 4.69) is 10.6 Å². The first kappa shape index (κ1) is 15.2. The molecule has 6 heteroatoms. The minimum absolute atomic E-state index is 0.0751. The van der Waals surface area contributed by atoms with Crippen LogP contribution < -0.4 is 15.4 Å². The third-order valence-corrected chi connectivity index (χ3v) is 3.51. The summed E-state index contributed by atoms with van der Waals surface area (Å²) in [6, 6.07) is 6.77. The van der Waals surface area contributed by atoms with Gasteiger partial charge in [-0.2, -0.15) is 0 Å². The molecule has 0 aromatic heterocycles. The molecular weight excluding hydrogens is 272 g/mol. The summed E-state index contributed by atoms with van der Waals surface area (Å²) < 4.78 is 5.54. The van der Waals surface area contributed by atoms with Crippen LogP contribution in [0.25, 0.3) is 0 Å². The summed E-state index contributed by atoms with van der Waals surface area (Å²) in [5.74, 6) is -0.134. The van der Waals surface area contributed by atoms with Gasteiger partial charge in [0.1, 0.15) is 5.75 Å². The van der Waals surface area contributed by atoms with Gasteiger partial charge in [-0.05, 0) is 12.5 Å². The van der Waals surface area contributed by atoms with Crippen LogP contribution in [0, 0.1) is 0 Å². The Morgan fingerprint density at radius 1 is 1.43 bits per heavy atom. The van der Waals surface area contributed by atoms with E-state index < -0.39 is 5.97 Å². The van der Waals surface area contributed by atoms with E-state index in [4.69, 9.17) is 9.84 Å². The van der Waals surface area contributed by atoms with E-state index in [0.29, 0.717) is 19.4 Å². The maximum atomic E-state index is 12.0. The van der Waals surface area contributed by atoms with E-state index in [9.17, 15) is 9.59 Å². The van der Waals surface area contributed by atoms with E-state index in [1.807, 2.05) is 31.2 Å². The Hall–Kier alpha value is -2.24. The molecular formula is C15H20N2O4. The lowest BCUT2D eigenvalue weighted by Crippen LogP contribution is -2.44. The summed E-state index contributed by atoms with van der Waals surface area (Å²) in [4.78, 5) is 22.7. The minimum atomic E-state index is -0.918. The molecule has 1 aromatic carbocycles. The second-order valence-electron chi connectivity index (χ2n) is 5.05. The molecule has 0 bridgehead atoms. The van der Waals surface area contributed by atoms with Crippen molar-refractivity contribution in [1.82, 2.24) is 10.6 Å². The average molecular weight is 292 g/mol. The number of para-hydroxylation sites is 1. The first-order valence-corrected chi connectivity index (χ1v) is 7.10. The van der Waals surface area contributed by atoms with Crippen LogP contribution in [0.1, 0.15) is 37.8 Å². The fraction of sp³-hybridized carbons (Fsp3) is 0.467. The van der Waals surface area contributed by atoms with Gasteiger partial charge in [-0.1, -0.05) is 25.1 Å². The number of fused-ring (bicyclic) bond motifs is 1. The van der Waals surface area contributed by atoms with E-state index in [1.165, 1.54) is 0 Å². The smallest absolute Gasteiger partial charge is 0.315 e. The Balaban J connectivity index is 1.96. The highest BCUT2D eigenvalue weighted by atomic mass is 16.5. The molecule has 1 aliphatic heterocycles. The predicted octanol–water partition coefficient (Wildman–Crippen LogP) is 2.06. The van der Waals surface area contributed by atoms with Crippen LogP contribution in [0.3, 0.4) is 0 Å². The molecule has 6 nitrogen and oxygen atoms in total. The van der Waals surface area contributed by atoms with Crippen LogP contribution >= 0.6 is 0 Å². The van der Waals surface area contributed by atoms with Crippen LogP contribution in [0.15, 0.2) is 24.3 Å². The molecule has 1 aliphatic rings. The zero-order chi connectivity index (χ0) is 15.2. The largest absolute Gasteiger partial charge is 0.493 e. The fourth-order valence-electron chi connectivity index (χ4n) is 2.39. The first-order chi connectivity index (χ1) is 10.1. The van der Waals surface area contributed by atoms with Crippen LogP contribution in [-0.2, 0) is 4.79 Å². The lowest BCUT2D eigenvalue weighted by molar-refractivity contribution is -0.137.